The van der Waals surface area contributed by atoms with Gasteiger partial charge in [0, 0.05) is 17.6 Å². The maximum Gasteiger partial charge on any atom is 0.243 e. The Hall–Kier alpha value is -0.630. The number of carbonyl (C=O) groups is 1. The SMILES string of the molecule is CCNC(=O)CN(CC)S(=O)(=O)c1ccc(Cl)c(Br)c1. The van der Waals surface area contributed by atoms with Gasteiger partial charge >= 0.3 is 0 Å². The second kappa shape index (κ2) is 7.40. The number of benzene rings is 1. The van der Waals surface area contributed by atoms with E-state index in [2.05, 4.69) is 21.2 Å². The minimum atomic E-state index is -3.72. The fourth-order valence-electron chi connectivity index (χ4n) is 1.57. The smallest absolute Gasteiger partial charge is 0.243 e. The molecule has 0 fully saturated rings. The Morgan fingerprint density at radius 3 is 2.55 bits per heavy atom. The predicted octanol–water partition coefficient (Wildman–Crippen LogP) is 2.25. The molecule has 0 aliphatic rings. The average molecular weight is 384 g/mol. The maximum atomic E-state index is 12.4. The van der Waals surface area contributed by atoms with Crippen LogP contribution in [0.3, 0.4) is 0 Å². The number of halogens is 2. The van der Waals surface area contributed by atoms with Gasteiger partial charge in [0.15, 0.2) is 0 Å². The first-order chi connectivity index (χ1) is 9.32. The molecular weight excluding hydrogens is 368 g/mol. The third-order valence-electron chi connectivity index (χ3n) is 2.58. The molecule has 0 aliphatic carbocycles. The van der Waals surface area contributed by atoms with Crippen LogP contribution in [0.15, 0.2) is 27.6 Å². The molecule has 0 spiro atoms. The predicted molar refractivity (Wildman–Crippen MR) is 82.3 cm³/mol. The molecule has 0 unspecified atom stereocenters. The monoisotopic (exact) mass is 382 g/mol. The summed E-state index contributed by atoms with van der Waals surface area (Å²) < 4.78 is 26.5. The van der Waals surface area contributed by atoms with E-state index in [1.165, 1.54) is 18.2 Å². The second-order valence-electron chi connectivity index (χ2n) is 3.96. The van der Waals surface area contributed by atoms with E-state index >= 15 is 0 Å². The van der Waals surface area contributed by atoms with E-state index in [9.17, 15) is 13.2 Å². The summed E-state index contributed by atoms with van der Waals surface area (Å²) in [6, 6.07) is 4.35. The van der Waals surface area contributed by atoms with Crippen LogP contribution >= 0.6 is 27.5 Å². The molecule has 1 aromatic rings. The van der Waals surface area contributed by atoms with Gasteiger partial charge in [-0.3, -0.25) is 4.79 Å². The van der Waals surface area contributed by atoms with Crippen molar-refractivity contribution in [2.45, 2.75) is 18.7 Å². The van der Waals surface area contributed by atoms with Crippen LogP contribution in [0.4, 0.5) is 0 Å². The standard InChI is InChI=1S/C12H16BrClN2O3S/c1-3-15-12(17)8-16(4-2)20(18,19)9-5-6-11(14)10(13)7-9/h5-7H,3-4,8H2,1-2H3,(H,15,17). The van der Waals surface area contributed by atoms with Gasteiger partial charge in [0.25, 0.3) is 0 Å². The topological polar surface area (TPSA) is 66.5 Å². The van der Waals surface area contributed by atoms with E-state index in [0.29, 0.717) is 16.0 Å². The van der Waals surface area contributed by atoms with Gasteiger partial charge in [-0.15, -0.1) is 0 Å². The van der Waals surface area contributed by atoms with Gasteiger partial charge in [-0.05, 0) is 41.1 Å². The Bertz CT molecular complexity index is 592. The van der Waals surface area contributed by atoms with Gasteiger partial charge in [-0.1, -0.05) is 18.5 Å². The lowest BCUT2D eigenvalue weighted by Gasteiger charge is -2.20. The molecule has 1 rings (SSSR count). The van der Waals surface area contributed by atoms with E-state index in [1.807, 2.05) is 0 Å². The minimum Gasteiger partial charge on any atom is -0.355 e. The van der Waals surface area contributed by atoms with E-state index in [1.54, 1.807) is 13.8 Å². The molecule has 0 aromatic heterocycles. The molecule has 1 amide bonds. The fourth-order valence-corrected chi connectivity index (χ4v) is 3.65. The van der Waals surface area contributed by atoms with Crippen molar-refractivity contribution in [3.8, 4) is 0 Å². The van der Waals surface area contributed by atoms with E-state index < -0.39 is 10.0 Å². The molecule has 8 heteroatoms. The molecule has 0 saturated heterocycles. The number of sulfonamides is 1. The van der Waals surface area contributed by atoms with Crippen LogP contribution in [0.5, 0.6) is 0 Å². The van der Waals surface area contributed by atoms with Crippen molar-refractivity contribution in [1.82, 2.24) is 9.62 Å². The Morgan fingerprint density at radius 2 is 2.05 bits per heavy atom. The van der Waals surface area contributed by atoms with E-state index in [-0.39, 0.29) is 23.9 Å². The largest absolute Gasteiger partial charge is 0.355 e. The van der Waals surface area contributed by atoms with E-state index in [0.717, 1.165) is 4.31 Å². The highest BCUT2D eigenvalue weighted by atomic mass is 79.9. The highest BCUT2D eigenvalue weighted by Crippen LogP contribution is 2.26. The molecule has 0 aliphatic heterocycles. The number of nitrogens with zero attached hydrogens (tertiary/aromatic N) is 1. The van der Waals surface area contributed by atoms with Gasteiger partial charge in [0.05, 0.1) is 16.5 Å². The Labute approximate surface area is 132 Å². The molecular formula is C12H16BrClN2O3S. The van der Waals surface area contributed by atoms with Crippen LogP contribution in [0.25, 0.3) is 0 Å². The van der Waals surface area contributed by atoms with Crippen molar-refractivity contribution in [2.75, 3.05) is 19.6 Å². The lowest BCUT2D eigenvalue weighted by molar-refractivity contribution is -0.121. The Morgan fingerprint density at radius 1 is 1.40 bits per heavy atom. The van der Waals surface area contributed by atoms with Crippen LogP contribution < -0.4 is 5.32 Å². The van der Waals surface area contributed by atoms with Crippen LogP contribution in [-0.2, 0) is 14.8 Å². The Kier molecular flexibility index (Phi) is 6.44. The summed E-state index contributed by atoms with van der Waals surface area (Å²) in [5.41, 5.74) is 0. The number of rotatable bonds is 6. The molecule has 0 atom stereocenters. The van der Waals surface area contributed by atoms with Gasteiger partial charge in [0.1, 0.15) is 0 Å². The summed E-state index contributed by atoms with van der Waals surface area (Å²) in [6.45, 7) is 3.93. The number of likely N-dealkylation sites (N-methyl/N-ethyl adjacent to an activating group) is 2. The van der Waals surface area contributed by atoms with Crippen molar-refractivity contribution < 1.29 is 13.2 Å². The summed E-state index contributed by atoms with van der Waals surface area (Å²) in [4.78, 5) is 11.7. The van der Waals surface area contributed by atoms with Crippen LogP contribution in [-0.4, -0.2) is 38.3 Å². The molecule has 20 heavy (non-hydrogen) atoms. The van der Waals surface area contributed by atoms with E-state index in [4.69, 9.17) is 11.6 Å². The molecule has 1 N–H and O–H groups in total. The number of carbonyl (C=O) groups excluding carboxylic acids is 1. The summed E-state index contributed by atoms with van der Waals surface area (Å²) in [5, 5.41) is 3.01. The van der Waals surface area contributed by atoms with Crippen molar-refractivity contribution in [3.63, 3.8) is 0 Å². The van der Waals surface area contributed by atoms with Gasteiger partial charge in [0.2, 0.25) is 15.9 Å². The Balaban J connectivity index is 3.05. The normalized spacial score (nSPS) is 11.7. The molecule has 1 aromatic carbocycles. The number of nitrogens with one attached hydrogen (secondary N) is 1. The quantitative estimate of drug-likeness (QED) is 0.819. The fraction of sp³-hybridized carbons (Fsp3) is 0.417. The highest BCUT2D eigenvalue weighted by molar-refractivity contribution is 9.10. The van der Waals surface area contributed by atoms with Gasteiger partial charge in [-0.2, -0.15) is 4.31 Å². The zero-order valence-electron chi connectivity index (χ0n) is 11.2. The number of hydrogen-bond donors (Lipinski definition) is 1. The van der Waals surface area contributed by atoms with Crippen LogP contribution in [0.1, 0.15) is 13.8 Å². The van der Waals surface area contributed by atoms with Crippen LogP contribution in [0.2, 0.25) is 5.02 Å². The van der Waals surface area contributed by atoms with Gasteiger partial charge in [-0.25, -0.2) is 8.42 Å². The van der Waals surface area contributed by atoms with Crippen LogP contribution in [0, 0.1) is 0 Å². The third-order valence-corrected chi connectivity index (χ3v) is 5.71. The molecule has 0 bridgehead atoms. The average Bonchev–Trinajstić information content (AvgIpc) is 2.39. The molecule has 0 radical (unpaired) electrons. The van der Waals surface area contributed by atoms with Gasteiger partial charge < -0.3 is 5.32 Å². The lowest BCUT2D eigenvalue weighted by atomic mass is 10.4. The maximum absolute atomic E-state index is 12.4. The molecule has 0 heterocycles. The van der Waals surface area contributed by atoms with Crippen molar-refractivity contribution >= 4 is 43.5 Å². The highest BCUT2D eigenvalue weighted by Gasteiger charge is 2.25. The number of amides is 1. The first-order valence-corrected chi connectivity index (χ1v) is 8.65. The molecule has 0 saturated carbocycles. The van der Waals surface area contributed by atoms with Crippen molar-refractivity contribution in [1.29, 1.82) is 0 Å². The summed E-state index contributed by atoms with van der Waals surface area (Å²) in [5.74, 6) is -0.328. The zero-order valence-corrected chi connectivity index (χ0v) is 14.3. The molecule has 112 valence electrons. The summed E-state index contributed by atoms with van der Waals surface area (Å²) in [7, 11) is -3.72. The zero-order chi connectivity index (χ0) is 15.3. The summed E-state index contributed by atoms with van der Waals surface area (Å²) >= 11 is 9.04. The first kappa shape index (κ1) is 17.4. The third kappa shape index (κ3) is 4.18. The lowest BCUT2D eigenvalue weighted by Crippen LogP contribution is -2.40. The van der Waals surface area contributed by atoms with Crippen molar-refractivity contribution in [3.05, 3.63) is 27.7 Å². The van der Waals surface area contributed by atoms with Crippen molar-refractivity contribution in [2.24, 2.45) is 0 Å². The first-order valence-electron chi connectivity index (χ1n) is 6.04. The minimum absolute atomic E-state index is 0.0972. The summed E-state index contributed by atoms with van der Waals surface area (Å²) in [6.07, 6.45) is 0. The molecule has 5 nitrogen and oxygen atoms in total. The number of hydrogen-bond acceptors (Lipinski definition) is 3. The second-order valence-corrected chi connectivity index (χ2v) is 7.16.